The maximum atomic E-state index is 12.2. The van der Waals surface area contributed by atoms with Crippen molar-refractivity contribution in [2.75, 3.05) is 18.2 Å². The molecule has 1 amide bonds. The third-order valence-electron chi connectivity index (χ3n) is 2.70. The molecule has 0 aliphatic carbocycles. The Kier molecular flexibility index (Phi) is 4.83. The molecule has 4 nitrogen and oxygen atoms in total. The molecule has 0 saturated heterocycles. The van der Waals surface area contributed by atoms with Gasteiger partial charge in [0.25, 0.3) is 5.91 Å². The van der Waals surface area contributed by atoms with Crippen LogP contribution in [0.1, 0.15) is 10.4 Å². The van der Waals surface area contributed by atoms with Gasteiger partial charge in [-0.2, -0.15) is 0 Å². The van der Waals surface area contributed by atoms with Gasteiger partial charge in [0.1, 0.15) is 5.75 Å². The molecule has 0 saturated carbocycles. The average Bonchev–Trinajstić information content (AvgIpc) is 2.43. The molecule has 0 aliphatic rings. The quantitative estimate of drug-likeness (QED) is 0.806. The fourth-order valence-electron chi connectivity index (χ4n) is 1.72. The van der Waals surface area contributed by atoms with E-state index in [0.29, 0.717) is 22.1 Å². The van der Waals surface area contributed by atoms with Gasteiger partial charge in [-0.25, -0.2) is 0 Å². The van der Waals surface area contributed by atoms with Crippen LogP contribution < -0.4 is 15.8 Å². The monoisotopic (exact) mass is 344 g/mol. The van der Waals surface area contributed by atoms with Gasteiger partial charge in [0, 0.05) is 11.4 Å². The lowest BCUT2D eigenvalue weighted by Crippen LogP contribution is -2.13. The second-order valence-electron chi connectivity index (χ2n) is 4.17. The number of carbonyl (C=O) groups excluding carboxylic acids is 1. The van der Waals surface area contributed by atoms with Crippen LogP contribution in [-0.2, 0) is 0 Å². The molecule has 0 radical (unpaired) electrons. The number of methoxy groups -OCH3 is 1. The van der Waals surface area contributed by atoms with Crippen molar-refractivity contribution < 1.29 is 9.53 Å². The van der Waals surface area contributed by atoms with Crippen LogP contribution in [0.15, 0.2) is 30.3 Å². The number of rotatable bonds is 3. The number of ether oxygens (including phenoxy) is 1. The van der Waals surface area contributed by atoms with E-state index in [2.05, 4.69) is 5.32 Å². The van der Waals surface area contributed by atoms with Gasteiger partial charge in [0.15, 0.2) is 0 Å². The lowest BCUT2D eigenvalue weighted by atomic mass is 10.2. The van der Waals surface area contributed by atoms with Crippen LogP contribution in [0.4, 0.5) is 11.4 Å². The Bertz CT molecular complexity index is 705. The number of nitrogen functional groups attached to an aromatic ring is 1. The molecule has 0 fully saturated rings. The number of benzene rings is 2. The molecule has 0 unspecified atom stereocenters. The highest BCUT2D eigenvalue weighted by Gasteiger charge is 2.15. The summed E-state index contributed by atoms with van der Waals surface area (Å²) in [5, 5.41) is 3.41. The number of hydrogen-bond donors (Lipinski definition) is 2. The summed E-state index contributed by atoms with van der Waals surface area (Å²) in [4.78, 5) is 12.2. The normalized spacial score (nSPS) is 10.3. The van der Waals surface area contributed by atoms with E-state index >= 15 is 0 Å². The van der Waals surface area contributed by atoms with E-state index in [-0.39, 0.29) is 15.6 Å². The molecule has 2 aromatic rings. The number of carbonyl (C=O) groups is 1. The summed E-state index contributed by atoms with van der Waals surface area (Å²) in [5.41, 5.74) is 6.70. The van der Waals surface area contributed by atoms with E-state index in [0.717, 1.165) is 0 Å². The molecule has 0 aliphatic heterocycles. The zero-order valence-corrected chi connectivity index (χ0v) is 13.2. The molecular formula is C14H11Cl3N2O2. The topological polar surface area (TPSA) is 64.3 Å². The molecule has 0 heterocycles. The first kappa shape index (κ1) is 15.8. The standard InChI is InChI=1S/C14H11Cl3N2O2/c1-21-12-3-2-8(6-10(12)15)19-14(20)9-4-7(18)5-11(16)13(9)17/h2-6H,18H2,1H3,(H,19,20). The second-order valence-corrected chi connectivity index (χ2v) is 5.36. The Balaban J connectivity index is 2.28. The first-order valence-corrected chi connectivity index (χ1v) is 6.95. The second kappa shape index (κ2) is 6.43. The van der Waals surface area contributed by atoms with Crippen molar-refractivity contribution >= 4 is 52.1 Å². The summed E-state index contributed by atoms with van der Waals surface area (Å²) in [7, 11) is 1.51. The fraction of sp³-hybridized carbons (Fsp3) is 0.0714. The van der Waals surface area contributed by atoms with E-state index in [9.17, 15) is 4.79 Å². The molecule has 0 bridgehead atoms. The number of nitrogens with one attached hydrogen (secondary N) is 1. The van der Waals surface area contributed by atoms with Gasteiger partial charge in [0.05, 0.1) is 27.7 Å². The van der Waals surface area contributed by atoms with Gasteiger partial charge in [0.2, 0.25) is 0 Å². The van der Waals surface area contributed by atoms with Crippen molar-refractivity contribution in [3.63, 3.8) is 0 Å². The van der Waals surface area contributed by atoms with Crippen LogP contribution in [-0.4, -0.2) is 13.0 Å². The number of amides is 1. The van der Waals surface area contributed by atoms with Crippen molar-refractivity contribution in [1.29, 1.82) is 0 Å². The van der Waals surface area contributed by atoms with E-state index < -0.39 is 5.91 Å². The first-order valence-electron chi connectivity index (χ1n) is 5.81. The predicted octanol–water partition coefficient (Wildman–Crippen LogP) is 4.49. The maximum absolute atomic E-state index is 12.2. The van der Waals surface area contributed by atoms with Gasteiger partial charge >= 0.3 is 0 Å². The number of hydrogen-bond acceptors (Lipinski definition) is 3. The Morgan fingerprint density at radius 1 is 1.14 bits per heavy atom. The first-order chi connectivity index (χ1) is 9.92. The minimum Gasteiger partial charge on any atom is -0.495 e. The van der Waals surface area contributed by atoms with Gasteiger partial charge in [-0.05, 0) is 30.3 Å². The van der Waals surface area contributed by atoms with Gasteiger partial charge in [-0.1, -0.05) is 34.8 Å². The zero-order chi connectivity index (χ0) is 15.6. The van der Waals surface area contributed by atoms with Crippen molar-refractivity contribution in [3.05, 3.63) is 51.0 Å². The molecule has 2 aromatic carbocycles. The van der Waals surface area contributed by atoms with E-state index in [4.69, 9.17) is 45.3 Å². The van der Waals surface area contributed by atoms with Gasteiger partial charge < -0.3 is 15.8 Å². The Hall–Kier alpha value is -1.62. The largest absolute Gasteiger partial charge is 0.495 e. The van der Waals surface area contributed by atoms with Gasteiger partial charge in [-0.3, -0.25) is 4.79 Å². The highest BCUT2D eigenvalue weighted by Crippen LogP contribution is 2.31. The fourth-order valence-corrected chi connectivity index (χ4v) is 2.40. The molecule has 0 atom stereocenters. The summed E-state index contributed by atoms with van der Waals surface area (Å²) in [6.07, 6.45) is 0. The Labute approximate surface area is 136 Å². The van der Waals surface area contributed by atoms with Gasteiger partial charge in [-0.15, -0.1) is 0 Å². The van der Waals surface area contributed by atoms with E-state index in [1.807, 2.05) is 0 Å². The molecule has 110 valence electrons. The number of halogens is 3. The molecule has 21 heavy (non-hydrogen) atoms. The predicted molar refractivity (Wildman–Crippen MR) is 86.8 cm³/mol. The lowest BCUT2D eigenvalue weighted by Gasteiger charge is -2.10. The third kappa shape index (κ3) is 3.53. The third-order valence-corrected chi connectivity index (χ3v) is 3.80. The summed E-state index contributed by atoms with van der Waals surface area (Å²) in [6.45, 7) is 0. The van der Waals surface area contributed by atoms with Crippen molar-refractivity contribution in [3.8, 4) is 5.75 Å². The van der Waals surface area contributed by atoms with Crippen molar-refractivity contribution in [2.24, 2.45) is 0 Å². The molecular weight excluding hydrogens is 335 g/mol. The van der Waals surface area contributed by atoms with Crippen molar-refractivity contribution in [1.82, 2.24) is 0 Å². The van der Waals surface area contributed by atoms with Crippen LogP contribution in [0.5, 0.6) is 5.75 Å². The summed E-state index contributed by atoms with van der Waals surface area (Å²) in [5.74, 6) is 0.0788. The minimum absolute atomic E-state index is 0.142. The zero-order valence-electron chi connectivity index (χ0n) is 10.9. The van der Waals surface area contributed by atoms with Crippen LogP contribution in [0, 0.1) is 0 Å². The van der Waals surface area contributed by atoms with Crippen LogP contribution in [0.3, 0.4) is 0 Å². The van der Waals surface area contributed by atoms with Crippen LogP contribution >= 0.6 is 34.8 Å². The summed E-state index contributed by atoms with van der Waals surface area (Å²) < 4.78 is 5.04. The summed E-state index contributed by atoms with van der Waals surface area (Å²) in [6, 6.07) is 7.80. The SMILES string of the molecule is COc1ccc(NC(=O)c2cc(N)cc(Cl)c2Cl)cc1Cl. The van der Waals surface area contributed by atoms with Crippen LogP contribution in [0.2, 0.25) is 15.1 Å². The Morgan fingerprint density at radius 2 is 1.86 bits per heavy atom. The molecule has 3 N–H and O–H groups in total. The summed E-state index contributed by atoms with van der Waals surface area (Å²) >= 11 is 17.9. The maximum Gasteiger partial charge on any atom is 0.257 e. The van der Waals surface area contributed by atoms with E-state index in [1.54, 1.807) is 18.2 Å². The van der Waals surface area contributed by atoms with Crippen LogP contribution in [0.25, 0.3) is 0 Å². The highest BCUT2D eigenvalue weighted by atomic mass is 35.5. The molecule has 0 aromatic heterocycles. The van der Waals surface area contributed by atoms with Crippen molar-refractivity contribution in [2.45, 2.75) is 0 Å². The lowest BCUT2D eigenvalue weighted by molar-refractivity contribution is 0.102. The minimum atomic E-state index is -0.435. The molecule has 2 rings (SSSR count). The smallest absolute Gasteiger partial charge is 0.257 e. The highest BCUT2D eigenvalue weighted by molar-refractivity contribution is 6.44. The molecule has 7 heteroatoms. The number of nitrogens with two attached hydrogens (primary N) is 1. The molecule has 0 spiro atoms. The average molecular weight is 346 g/mol. The van der Waals surface area contributed by atoms with E-state index in [1.165, 1.54) is 19.2 Å². The Morgan fingerprint density at radius 3 is 2.48 bits per heavy atom. The number of anilines is 2.